The highest BCUT2D eigenvalue weighted by Crippen LogP contribution is 2.19. The molecule has 0 aromatic heterocycles. The molecule has 0 saturated heterocycles. The van der Waals surface area contributed by atoms with E-state index in [1.54, 1.807) is 6.07 Å². The number of nitrogens with zero attached hydrogens (tertiary/aromatic N) is 1. The molecule has 4 nitrogen and oxygen atoms in total. The smallest absolute Gasteiger partial charge is 0.512 e. The Labute approximate surface area is 142 Å². The summed E-state index contributed by atoms with van der Waals surface area (Å²) in [5.41, 5.74) is 2.46. The molecule has 0 atom stereocenters. The van der Waals surface area contributed by atoms with Gasteiger partial charge in [0.1, 0.15) is 5.75 Å². The molecular formula is C18H35BNO3+. The molecule has 23 heavy (non-hydrogen) atoms. The molecule has 1 aromatic rings. The maximum Gasteiger partial charge on any atom is 0.707 e. The van der Waals surface area contributed by atoms with Gasteiger partial charge in [-0.05, 0) is 63.8 Å². The number of benzene rings is 1. The van der Waals surface area contributed by atoms with Crippen LogP contribution in [-0.4, -0.2) is 48.0 Å². The van der Waals surface area contributed by atoms with Gasteiger partial charge < -0.3 is 19.2 Å². The maximum absolute atomic E-state index is 8.63. The molecule has 0 saturated carbocycles. The van der Waals surface area contributed by atoms with E-state index in [0.29, 0.717) is 5.75 Å². The fourth-order valence-electron chi connectivity index (χ4n) is 2.81. The Morgan fingerprint density at radius 1 is 0.826 bits per heavy atom. The Balaban J connectivity index is 0.000000468. The zero-order valence-electron chi connectivity index (χ0n) is 15.8. The van der Waals surface area contributed by atoms with Crippen LogP contribution in [-0.2, 0) is 12.8 Å². The average Bonchev–Trinajstić information content (AvgIpc) is 2.57. The van der Waals surface area contributed by atoms with E-state index in [0.717, 1.165) is 12.8 Å². The van der Waals surface area contributed by atoms with Crippen LogP contribution in [0.15, 0.2) is 18.2 Å². The van der Waals surface area contributed by atoms with Crippen LogP contribution in [0.5, 0.6) is 5.75 Å². The minimum Gasteiger partial charge on any atom is -0.512 e. The van der Waals surface area contributed by atoms with Crippen molar-refractivity contribution in [2.45, 2.75) is 54.4 Å². The van der Waals surface area contributed by atoms with E-state index >= 15 is 0 Å². The highest BCUT2D eigenvalue weighted by Gasteiger charge is 2.16. The third-order valence-corrected chi connectivity index (χ3v) is 4.86. The van der Waals surface area contributed by atoms with Gasteiger partial charge in [-0.25, -0.2) is 0 Å². The lowest BCUT2D eigenvalue weighted by atomic mass is 10.0. The van der Waals surface area contributed by atoms with Gasteiger partial charge in [-0.15, -0.1) is 0 Å². The van der Waals surface area contributed by atoms with Crippen molar-refractivity contribution in [1.82, 2.24) is 0 Å². The largest absolute Gasteiger partial charge is 0.707 e. The van der Waals surface area contributed by atoms with Gasteiger partial charge in [0, 0.05) is 0 Å². The van der Waals surface area contributed by atoms with E-state index in [4.69, 9.17) is 14.7 Å². The second-order valence-corrected chi connectivity index (χ2v) is 5.69. The molecule has 0 aliphatic rings. The molecule has 2 N–H and O–H groups in total. The Kier molecular flexibility index (Phi) is 11.0. The summed E-state index contributed by atoms with van der Waals surface area (Å²) >= 11 is 0. The molecule has 5 heteroatoms. The molecule has 0 bridgehead atoms. The first-order valence-electron chi connectivity index (χ1n) is 8.91. The summed E-state index contributed by atoms with van der Waals surface area (Å²) in [7, 11) is -1.74. The van der Waals surface area contributed by atoms with Crippen LogP contribution in [0.2, 0.25) is 0 Å². The first-order valence-corrected chi connectivity index (χ1v) is 8.91. The van der Waals surface area contributed by atoms with Gasteiger partial charge in [-0.1, -0.05) is 19.9 Å². The number of rotatable bonds is 8. The normalized spacial score (nSPS) is 10.8. The molecule has 0 aliphatic heterocycles. The Bertz CT molecular complexity index is 417. The second-order valence-electron chi connectivity index (χ2n) is 5.69. The summed E-state index contributed by atoms with van der Waals surface area (Å²) in [6.07, 6.45) is 1.90. The summed E-state index contributed by atoms with van der Waals surface area (Å²) in [5.74, 6) is 0.494. The van der Waals surface area contributed by atoms with Crippen molar-refractivity contribution in [3.63, 3.8) is 0 Å². The molecule has 0 spiro atoms. The van der Waals surface area contributed by atoms with Crippen LogP contribution in [0, 0.1) is 0 Å². The SMILES string of the molecule is CC[N+](CC)(CC)CC.CCc1ccc(OB(O)O)cc1CC. The predicted molar refractivity (Wildman–Crippen MR) is 98.4 cm³/mol. The van der Waals surface area contributed by atoms with Crippen molar-refractivity contribution < 1.29 is 19.2 Å². The van der Waals surface area contributed by atoms with E-state index in [9.17, 15) is 0 Å². The van der Waals surface area contributed by atoms with E-state index in [1.807, 2.05) is 12.1 Å². The first kappa shape index (κ1) is 22.0. The second kappa shape index (κ2) is 11.5. The molecule has 0 unspecified atom stereocenters. The Morgan fingerprint density at radius 3 is 1.61 bits per heavy atom. The number of hydrogen-bond acceptors (Lipinski definition) is 3. The van der Waals surface area contributed by atoms with Crippen LogP contribution in [0.1, 0.15) is 52.7 Å². The van der Waals surface area contributed by atoms with Crippen molar-refractivity contribution in [2.75, 3.05) is 26.2 Å². The molecule has 0 radical (unpaired) electrons. The third kappa shape index (κ3) is 7.38. The zero-order valence-corrected chi connectivity index (χ0v) is 15.8. The van der Waals surface area contributed by atoms with Gasteiger partial charge in [-0.3, -0.25) is 0 Å². The fraction of sp³-hybridized carbons (Fsp3) is 0.667. The van der Waals surface area contributed by atoms with Crippen LogP contribution in [0.3, 0.4) is 0 Å². The first-order chi connectivity index (χ1) is 10.9. The van der Waals surface area contributed by atoms with Gasteiger partial charge in [0.2, 0.25) is 0 Å². The molecule has 1 aromatic carbocycles. The van der Waals surface area contributed by atoms with Gasteiger partial charge in [0.25, 0.3) is 0 Å². The summed E-state index contributed by atoms with van der Waals surface area (Å²) in [6.45, 7) is 18.4. The summed E-state index contributed by atoms with van der Waals surface area (Å²) in [5, 5.41) is 17.3. The van der Waals surface area contributed by atoms with Crippen LogP contribution < -0.4 is 4.65 Å². The molecule has 0 amide bonds. The van der Waals surface area contributed by atoms with Crippen LogP contribution in [0.25, 0.3) is 0 Å². The Hall–Kier alpha value is -1.04. The monoisotopic (exact) mass is 324 g/mol. The maximum atomic E-state index is 8.63. The lowest BCUT2D eigenvalue weighted by molar-refractivity contribution is -0.921. The molecular weight excluding hydrogens is 289 g/mol. The minimum absolute atomic E-state index is 0.494. The number of quaternary nitrogens is 1. The lowest BCUT2D eigenvalue weighted by Gasteiger charge is -2.34. The van der Waals surface area contributed by atoms with Crippen LogP contribution in [0.4, 0.5) is 0 Å². The summed E-state index contributed by atoms with van der Waals surface area (Å²) in [4.78, 5) is 0. The molecule has 1 rings (SSSR count). The van der Waals surface area contributed by atoms with Crippen molar-refractivity contribution in [3.05, 3.63) is 29.3 Å². The number of hydrogen-bond donors (Lipinski definition) is 2. The predicted octanol–water partition coefficient (Wildman–Crippen LogP) is 3.04. The van der Waals surface area contributed by atoms with Crippen molar-refractivity contribution in [3.8, 4) is 5.75 Å². The minimum atomic E-state index is -1.74. The standard InChI is InChI=1S/C10H15BO3.C8H20N/c1-3-8-5-6-10(14-11(12)13)7-9(8)4-2;1-5-9(6-2,7-3)8-4/h5-7,12-13H,3-4H2,1-2H3;5-8H2,1-4H3/q;+1. The number of aryl methyl sites for hydroxylation is 2. The van der Waals surface area contributed by atoms with E-state index < -0.39 is 7.32 Å². The summed E-state index contributed by atoms with van der Waals surface area (Å²) in [6, 6.07) is 5.55. The van der Waals surface area contributed by atoms with Gasteiger partial charge >= 0.3 is 7.32 Å². The lowest BCUT2D eigenvalue weighted by Crippen LogP contribution is -2.47. The molecule has 132 valence electrons. The fourth-order valence-corrected chi connectivity index (χ4v) is 2.81. The highest BCUT2D eigenvalue weighted by molar-refractivity contribution is 6.33. The van der Waals surface area contributed by atoms with E-state index in [2.05, 4.69) is 41.5 Å². The topological polar surface area (TPSA) is 49.7 Å². The quantitative estimate of drug-likeness (QED) is 0.571. The van der Waals surface area contributed by atoms with Crippen molar-refractivity contribution in [2.24, 2.45) is 0 Å². The van der Waals surface area contributed by atoms with Crippen molar-refractivity contribution >= 4 is 7.32 Å². The zero-order chi connectivity index (χ0) is 17.9. The Morgan fingerprint density at radius 2 is 1.30 bits per heavy atom. The molecule has 0 aliphatic carbocycles. The van der Waals surface area contributed by atoms with E-state index in [-0.39, 0.29) is 0 Å². The van der Waals surface area contributed by atoms with Crippen molar-refractivity contribution in [1.29, 1.82) is 0 Å². The average molecular weight is 324 g/mol. The molecule has 0 fully saturated rings. The van der Waals surface area contributed by atoms with Crippen LogP contribution >= 0.6 is 0 Å². The highest BCUT2D eigenvalue weighted by atomic mass is 16.6. The van der Waals surface area contributed by atoms with Gasteiger partial charge in [0.05, 0.1) is 26.2 Å². The molecule has 0 heterocycles. The third-order valence-electron chi connectivity index (χ3n) is 4.86. The van der Waals surface area contributed by atoms with Gasteiger partial charge in [0.15, 0.2) is 0 Å². The van der Waals surface area contributed by atoms with Gasteiger partial charge in [-0.2, -0.15) is 0 Å². The summed E-state index contributed by atoms with van der Waals surface area (Å²) < 4.78 is 6.05. The van der Waals surface area contributed by atoms with E-state index in [1.165, 1.54) is 41.8 Å².